The first-order valence-electron chi connectivity index (χ1n) is 5.59. The largest absolute Gasteiger partial charge is 0.350 e. The van der Waals surface area contributed by atoms with E-state index in [0.29, 0.717) is 12.1 Å². The summed E-state index contributed by atoms with van der Waals surface area (Å²) in [6.45, 7) is 2.43. The van der Waals surface area contributed by atoms with E-state index in [2.05, 4.69) is 10.3 Å². The van der Waals surface area contributed by atoms with Crippen LogP contribution in [0.3, 0.4) is 0 Å². The number of aryl methyl sites for hydroxylation is 1. The van der Waals surface area contributed by atoms with E-state index < -0.39 is 0 Å². The fourth-order valence-corrected chi connectivity index (χ4v) is 1.85. The van der Waals surface area contributed by atoms with Gasteiger partial charge in [0.25, 0.3) is 5.91 Å². The monoisotopic (exact) mass is 219 g/mol. The van der Waals surface area contributed by atoms with E-state index in [0.717, 1.165) is 18.5 Å². The minimum Gasteiger partial charge on any atom is -0.350 e. The van der Waals surface area contributed by atoms with Gasteiger partial charge in [0.1, 0.15) is 0 Å². The molecule has 2 rings (SSSR count). The van der Waals surface area contributed by atoms with Gasteiger partial charge in [-0.2, -0.15) is 0 Å². The molecule has 1 saturated carbocycles. The van der Waals surface area contributed by atoms with Crippen LogP contribution in [0, 0.1) is 6.92 Å². The Balaban J connectivity index is 1.93. The summed E-state index contributed by atoms with van der Waals surface area (Å²) in [5, 5.41) is 2.88. The predicted octanol–water partition coefficient (Wildman–Crippen LogP) is 1.00. The van der Waals surface area contributed by atoms with E-state index in [1.165, 1.54) is 6.42 Å². The number of nitrogens with zero attached hydrogens (tertiary/aromatic N) is 1. The Hall–Kier alpha value is -1.42. The lowest BCUT2D eigenvalue weighted by atomic mass is 9.78. The highest BCUT2D eigenvalue weighted by molar-refractivity contribution is 5.94. The van der Waals surface area contributed by atoms with Crippen LogP contribution in [-0.4, -0.2) is 23.0 Å². The minimum atomic E-state index is -0.169. The quantitative estimate of drug-likeness (QED) is 0.797. The zero-order chi connectivity index (χ0) is 11.6. The Morgan fingerprint density at radius 3 is 2.94 bits per heavy atom. The molecule has 86 valence electrons. The average Bonchev–Trinajstić information content (AvgIpc) is 2.23. The number of hydrogen-bond acceptors (Lipinski definition) is 3. The Morgan fingerprint density at radius 2 is 2.38 bits per heavy atom. The van der Waals surface area contributed by atoms with Crippen LogP contribution < -0.4 is 11.1 Å². The third kappa shape index (κ3) is 2.39. The average molecular weight is 219 g/mol. The van der Waals surface area contributed by atoms with Gasteiger partial charge in [0.2, 0.25) is 0 Å². The minimum absolute atomic E-state index is 0.0674. The van der Waals surface area contributed by atoms with Gasteiger partial charge in [-0.05, 0) is 38.3 Å². The molecular formula is C12H17N3O. The number of amides is 1. The first-order valence-corrected chi connectivity index (χ1v) is 5.59. The Labute approximate surface area is 95.3 Å². The van der Waals surface area contributed by atoms with Crippen LogP contribution in [0.1, 0.15) is 35.3 Å². The van der Waals surface area contributed by atoms with Gasteiger partial charge >= 0.3 is 0 Å². The molecule has 0 aliphatic heterocycles. The topological polar surface area (TPSA) is 68.0 Å². The molecule has 4 nitrogen and oxygen atoms in total. The first-order chi connectivity index (χ1) is 7.59. The summed E-state index contributed by atoms with van der Waals surface area (Å²) < 4.78 is 0. The smallest absolute Gasteiger partial charge is 0.251 e. The lowest BCUT2D eigenvalue weighted by Gasteiger charge is -2.38. The van der Waals surface area contributed by atoms with E-state index in [9.17, 15) is 4.79 Å². The fraction of sp³-hybridized carbons (Fsp3) is 0.500. The molecule has 1 aliphatic rings. The Bertz CT molecular complexity index is 399. The van der Waals surface area contributed by atoms with Gasteiger partial charge in [0, 0.05) is 29.5 Å². The highest BCUT2D eigenvalue weighted by Crippen LogP contribution is 2.28. The van der Waals surface area contributed by atoms with Crippen molar-refractivity contribution in [1.29, 1.82) is 0 Å². The second-order valence-corrected chi connectivity index (χ2v) is 4.58. The first kappa shape index (κ1) is 11.1. The zero-order valence-electron chi connectivity index (χ0n) is 9.49. The van der Waals surface area contributed by atoms with Gasteiger partial charge in [0.15, 0.2) is 0 Å². The number of carbonyl (C=O) groups is 1. The third-order valence-electron chi connectivity index (χ3n) is 3.11. The van der Waals surface area contributed by atoms with Crippen LogP contribution in [0.4, 0.5) is 0 Å². The second-order valence-electron chi connectivity index (χ2n) is 4.58. The van der Waals surface area contributed by atoms with Crippen molar-refractivity contribution < 1.29 is 4.79 Å². The number of nitrogens with one attached hydrogen (secondary N) is 1. The highest BCUT2D eigenvalue weighted by Gasteiger charge is 2.32. The Morgan fingerprint density at radius 1 is 1.62 bits per heavy atom. The van der Waals surface area contributed by atoms with Gasteiger partial charge in [-0.3, -0.25) is 9.78 Å². The van der Waals surface area contributed by atoms with Crippen LogP contribution >= 0.6 is 0 Å². The van der Waals surface area contributed by atoms with Crippen LogP contribution in [0.5, 0.6) is 0 Å². The van der Waals surface area contributed by atoms with Crippen molar-refractivity contribution in [3.05, 3.63) is 29.6 Å². The van der Waals surface area contributed by atoms with Crippen molar-refractivity contribution in [2.45, 2.75) is 31.7 Å². The SMILES string of the molecule is Cc1cc(C(=O)NCC2(N)CCC2)ccn1. The standard InChI is InChI=1S/C12H17N3O/c1-9-7-10(3-6-14-9)11(16)15-8-12(13)4-2-5-12/h3,6-7H,2,4-5,8,13H2,1H3,(H,15,16). The summed E-state index contributed by atoms with van der Waals surface area (Å²) in [7, 11) is 0. The molecule has 0 aromatic carbocycles. The second kappa shape index (κ2) is 4.22. The molecule has 1 aromatic rings. The van der Waals surface area contributed by atoms with Crippen molar-refractivity contribution >= 4 is 5.91 Å². The fourth-order valence-electron chi connectivity index (χ4n) is 1.85. The molecule has 1 amide bonds. The van der Waals surface area contributed by atoms with Crippen LogP contribution in [0.25, 0.3) is 0 Å². The maximum absolute atomic E-state index is 11.8. The number of hydrogen-bond donors (Lipinski definition) is 2. The summed E-state index contributed by atoms with van der Waals surface area (Å²) in [5.74, 6) is -0.0674. The molecular weight excluding hydrogens is 202 g/mol. The van der Waals surface area contributed by atoms with Gasteiger partial charge in [0.05, 0.1) is 0 Å². The number of rotatable bonds is 3. The lowest BCUT2D eigenvalue weighted by molar-refractivity contribution is 0.0929. The summed E-state index contributed by atoms with van der Waals surface area (Å²) in [4.78, 5) is 15.8. The van der Waals surface area contributed by atoms with E-state index in [4.69, 9.17) is 5.73 Å². The van der Waals surface area contributed by atoms with Crippen molar-refractivity contribution in [2.75, 3.05) is 6.54 Å². The predicted molar refractivity (Wildman–Crippen MR) is 62.1 cm³/mol. The number of nitrogens with two attached hydrogens (primary N) is 1. The molecule has 1 aromatic heterocycles. The van der Waals surface area contributed by atoms with Crippen LogP contribution in [0.2, 0.25) is 0 Å². The van der Waals surface area contributed by atoms with Gasteiger partial charge in [-0.15, -0.1) is 0 Å². The van der Waals surface area contributed by atoms with Gasteiger partial charge in [-0.1, -0.05) is 0 Å². The van der Waals surface area contributed by atoms with Crippen molar-refractivity contribution in [2.24, 2.45) is 5.73 Å². The zero-order valence-corrected chi connectivity index (χ0v) is 9.49. The summed E-state index contributed by atoms with van der Waals surface area (Å²) in [5.41, 5.74) is 7.36. The Kier molecular flexibility index (Phi) is 2.92. The molecule has 0 saturated heterocycles. The number of aromatic nitrogens is 1. The molecule has 4 heteroatoms. The third-order valence-corrected chi connectivity index (χ3v) is 3.11. The lowest BCUT2D eigenvalue weighted by Crippen LogP contribution is -2.54. The molecule has 1 fully saturated rings. The maximum atomic E-state index is 11.8. The molecule has 1 heterocycles. The van der Waals surface area contributed by atoms with Crippen molar-refractivity contribution in [1.82, 2.24) is 10.3 Å². The molecule has 1 aliphatic carbocycles. The van der Waals surface area contributed by atoms with E-state index >= 15 is 0 Å². The number of carbonyl (C=O) groups excluding carboxylic acids is 1. The maximum Gasteiger partial charge on any atom is 0.251 e. The van der Waals surface area contributed by atoms with Crippen LogP contribution in [-0.2, 0) is 0 Å². The molecule has 0 bridgehead atoms. The van der Waals surface area contributed by atoms with Crippen LogP contribution in [0.15, 0.2) is 18.3 Å². The van der Waals surface area contributed by atoms with Gasteiger partial charge in [-0.25, -0.2) is 0 Å². The van der Waals surface area contributed by atoms with E-state index in [1.54, 1.807) is 18.3 Å². The molecule has 0 atom stereocenters. The molecule has 0 unspecified atom stereocenters. The number of pyridine rings is 1. The van der Waals surface area contributed by atoms with Gasteiger partial charge < -0.3 is 11.1 Å². The normalized spacial score (nSPS) is 17.6. The summed E-state index contributed by atoms with van der Waals surface area (Å²) >= 11 is 0. The van der Waals surface area contributed by atoms with E-state index in [-0.39, 0.29) is 11.4 Å². The van der Waals surface area contributed by atoms with Crippen molar-refractivity contribution in [3.8, 4) is 0 Å². The molecule has 0 radical (unpaired) electrons. The summed E-state index contributed by atoms with van der Waals surface area (Å²) in [6.07, 6.45) is 4.82. The van der Waals surface area contributed by atoms with Crippen molar-refractivity contribution in [3.63, 3.8) is 0 Å². The summed E-state index contributed by atoms with van der Waals surface area (Å²) in [6, 6.07) is 3.49. The molecule has 0 spiro atoms. The van der Waals surface area contributed by atoms with E-state index in [1.807, 2.05) is 6.92 Å². The molecule has 16 heavy (non-hydrogen) atoms. The highest BCUT2D eigenvalue weighted by atomic mass is 16.1. The molecule has 3 N–H and O–H groups in total.